The summed E-state index contributed by atoms with van der Waals surface area (Å²) in [6, 6.07) is 21.0. The highest BCUT2D eigenvalue weighted by Crippen LogP contribution is 2.60. The molecule has 1 aliphatic carbocycles. The van der Waals surface area contributed by atoms with E-state index in [2.05, 4.69) is 0 Å². The average Bonchev–Trinajstić information content (AvgIpc) is 3.31. The Labute approximate surface area is 197 Å². The molecule has 0 bridgehead atoms. The van der Waals surface area contributed by atoms with E-state index in [-0.39, 0.29) is 11.6 Å². The van der Waals surface area contributed by atoms with E-state index in [4.69, 9.17) is 4.74 Å². The maximum absolute atomic E-state index is 14.3. The molecule has 0 aromatic heterocycles. The molecular formula is C29H23NO4. The quantitative estimate of drug-likeness (QED) is 0.423. The molecule has 34 heavy (non-hydrogen) atoms. The van der Waals surface area contributed by atoms with Gasteiger partial charge < -0.3 is 9.64 Å². The molecule has 3 aromatic carbocycles. The van der Waals surface area contributed by atoms with Crippen LogP contribution in [0.2, 0.25) is 0 Å². The predicted octanol–water partition coefficient (Wildman–Crippen LogP) is 4.60. The van der Waals surface area contributed by atoms with Gasteiger partial charge in [0.15, 0.2) is 11.6 Å². The van der Waals surface area contributed by atoms with Crippen LogP contribution in [0.1, 0.15) is 43.3 Å². The summed E-state index contributed by atoms with van der Waals surface area (Å²) < 4.78 is 5.30. The average molecular weight is 450 g/mol. The van der Waals surface area contributed by atoms with E-state index in [1.54, 1.807) is 24.3 Å². The first kappa shape index (κ1) is 20.6. The zero-order valence-corrected chi connectivity index (χ0v) is 18.9. The lowest BCUT2D eigenvalue weighted by Gasteiger charge is -2.36. The van der Waals surface area contributed by atoms with E-state index < -0.39 is 29.4 Å². The topological polar surface area (TPSA) is 63.7 Å². The molecule has 3 atom stereocenters. The lowest BCUT2D eigenvalue weighted by molar-refractivity contribution is -0.142. The van der Waals surface area contributed by atoms with Crippen molar-refractivity contribution in [2.24, 2.45) is 5.41 Å². The highest BCUT2D eigenvalue weighted by atomic mass is 16.5. The van der Waals surface area contributed by atoms with Crippen LogP contribution >= 0.6 is 0 Å². The van der Waals surface area contributed by atoms with Crippen LogP contribution in [0.4, 0.5) is 5.69 Å². The number of ether oxygens (including phenoxy) is 1. The first-order valence-corrected chi connectivity index (χ1v) is 11.4. The van der Waals surface area contributed by atoms with Crippen molar-refractivity contribution in [1.29, 1.82) is 0 Å². The van der Waals surface area contributed by atoms with Gasteiger partial charge in [0.2, 0.25) is 0 Å². The van der Waals surface area contributed by atoms with Crippen molar-refractivity contribution in [3.05, 3.63) is 107 Å². The monoisotopic (exact) mass is 449 g/mol. The third-order valence-corrected chi connectivity index (χ3v) is 7.59. The maximum Gasteiger partial charge on any atom is 0.329 e. The fourth-order valence-electron chi connectivity index (χ4n) is 6.16. The van der Waals surface area contributed by atoms with Gasteiger partial charge in [-0.1, -0.05) is 84.4 Å². The number of carbonyl (C=O) groups excluding carboxylic acids is 3. The molecule has 0 amide bonds. The van der Waals surface area contributed by atoms with E-state index >= 15 is 0 Å². The Morgan fingerprint density at radius 1 is 0.882 bits per heavy atom. The smallest absolute Gasteiger partial charge is 0.329 e. The second kappa shape index (κ2) is 7.26. The number of hydrogen-bond acceptors (Lipinski definition) is 5. The molecule has 0 unspecified atom stereocenters. The minimum absolute atomic E-state index is 0.232. The normalized spacial score (nSPS) is 23.6. The Kier molecular flexibility index (Phi) is 4.40. The zero-order valence-electron chi connectivity index (χ0n) is 18.9. The molecule has 2 aliphatic heterocycles. The summed E-state index contributed by atoms with van der Waals surface area (Å²) in [5.41, 5.74) is 2.95. The summed E-state index contributed by atoms with van der Waals surface area (Å²) in [6.07, 6.45) is 3.86. The van der Waals surface area contributed by atoms with Crippen molar-refractivity contribution in [2.75, 3.05) is 12.0 Å². The van der Waals surface area contributed by atoms with Crippen molar-refractivity contribution in [3.8, 4) is 0 Å². The molecule has 2 heterocycles. The van der Waals surface area contributed by atoms with Gasteiger partial charge in [-0.2, -0.15) is 0 Å². The molecule has 1 spiro atoms. The molecular weight excluding hydrogens is 426 g/mol. The number of para-hydroxylation sites is 1. The number of aryl methyl sites for hydroxylation is 1. The van der Waals surface area contributed by atoms with Crippen LogP contribution < -0.4 is 4.90 Å². The Hall–Kier alpha value is -3.99. The summed E-state index contributed by atoms with van der Waals surface area (Å²) in [6.45, 7) is 1.98. The van der Waals surface area contributed by atoms with Gasteiger partial charge in [-0.25, -0.2) is 4.79 Å². The number of esters is 1. The number of methoxy groups -OCH3 is 1. The summed E-state index contributed by atoms with van der Waals surface area (Å²) in [5, 5.41) is 0. The van der Waals surface area contributed by atoms with Gasteiger partial charge in [0.25, 0.3) is 0 Å². The van der Waals surface area contributed by atoms with Gasteiger partial charge in [0.1, 0.15) is 11.5 Å². The van der Waals surface area contributed by atoms with Crippen LogP contribution in [0, 0.1) is 12.3 Å². The van der Waals surface area contributed by atoms with E-state index in [1.807, 2.05) is 72.5 Å². The van der Waals surface area contributed by atoms with Crippen LogP contribution in [-0.2, 0) is 9.53 Å². The second-order valence-electron chi connectivity index (χ2n) is 9.20. The van der Waals surface area contributed by atoms with Crippen LogP contribution in [0.25, 0.3) is 6.08 Å². The molecule has 1 fully saturated rings. The van der Waals surface area contributed by atoms with Gasteiger partial charge >= 0.3 is 5.97 Å². The zero-order chi connectivity index (χ0) is 23.6. The predicted molar refractivity (Wildman–Crippen MR) is 129 cm³/mol. The summed E-state index contributed by atoms with van der Waals surface area (Å²) in [4.78, 5) is 43.9. The minimum atomic E-state index is -1.47. The van der Waals surface area contributed by atoms with E-state index in [0.717, 1.165) is 22.4 Å². The van der Waals surface area contributed by atoms with E-state index in [0.29, 0.717) is 11.1 Å². The largest absolute Gasteiger partial charge is 0.467 e. The number of benzene rings is 3. The number of rotatable bonds is 2. The van der Waals surface area contributed by atoms with Crippen molar-refractivity contribution in [2.45, 2.75) is 24.9 Å². The molecule has 0 N–H and O–H groups in total. The fraction of sp³-hybridized carbons (Fsp3) is 0.207. The highest BCUT2D eigenvalue weighted by Gasteiger charge is 2.71. The molecule has 3 aromatic rings. The Bertz CT molecular complexity index is 1350. The fourth-order valence-corrected chi connectivity index (χ4v) is 6.16. The number of nitrogens with zero attached hydrogens (tertiary/aromatic N) is 1. The van der Waals surface area contributed by atoms with Crippen LogP contribution in [0.5, 0.6) is 0 Å². The summed E-state index contributed by atoms with van der Waals surface area (Å²) in [7, 11) is 1.35. The Morgan fingerprint density at radius 3 is 2.15 bits per heavy atom. The number of ketones is 2. The van der Waals surface area contributed by atoms with Gasteiger partial charge in [-0.05, 0) is 24.1 Å². The van der Waals surface area contributed by atoms with Crippen LogP contribution in [0.15, 0.2) is 78.9 Å². The van der Waals surface area contributed by atoms with Crippen molar-refractivity contribution in [3.63, 3.8) is 0 Å². The second-order valence-corrected chi connectivity index (χ2v) is 9.20. The molecule has 0 radical (unpaired) electrons. The van der Waals surface area contributed by atoms with Gasteiger partial charge in [-0.3, -0.25) is 9.59 Å². The van der Waals surface area contributed by atoms with Crippen molar-refractivity contribution < 1.29 is 19.1 Å². The molecule has 5 nitrogen and oxygen atoms in total. The van der Waals surface area contributed by atoms with Crippen LogP contribution in [0.3, 0.4) is 0 Å². The number of Topliss-reactive ketones (excluding diaryl/α,β-unsaturated/α-hetero) is 2. The minimum Gasteiger partial charge on any atom is -0.467 e. The first-order valence-electron chi connectivity index (χ1n) is 11.4. The summed E-state index contributed by atoms with van der Waals surface area (Å²) >= 11 is 0. The molecule has 3 aliphatic rings. The van der Waals surface area contributed by atoms with Crippen molar-refractivity contribution >= 4 is 29.3 Å². The first-order chi connectivity index (χ1) is 16.5. The SMILES string of the molecule is COC(=O)[C@H]1[C@H](c2ccc(C)cc2)C2(C(=O)c3ccccc3C2=O)[C@@H]2C=Cc3ccccc3N21. The number of hydrogen-bond donors (Lipinski definition) is 0. The number of fused-ring (bicyclic) bond motifs is 5. The highest BCUT2D eigenvalue weighted by molar-refractivity contribution is 6.32. The molecule has 6 rings (SSSR count). The third kappa shape index (κ3) is 2.47. The molecule has 1 saturated heterocycles. The standard InChI is InChI=1S/C29H23NO4/c1-17-11-13-19(14-12-17)24-25(28(33)34-2)30-22-10-6-3-7-18(22)15-16-23(30)29(24)26(31)20-8-4-5-9-21(20)27(29)32/h3-16,23-25H,1-2H3/t23-,24-,25+/m0/s1. The number of anilines is 1. The third-order valence-electron chi connectivity index (χ3n) is 7.59. The van der Waals surface area contributed by atoms with Gasteiger partial charge in [0, 0.05) is 22.7 Å². The maximum atomic E-state index is 14.3. The van der Waals surface area contributed by atoms with Crippen LogP contribution in [-0.4, -0.2) is 36.7 Å². The molecule has 5 heteroatoms. The Balaban J connectivity index is 1.69. The lowest BCUT2D eigenvalue weighted by Crippen LogP contribution is -2.48. The molecule has 0 saturated carbocycles. The number of carbonyl (C=O) groups is 3. The Morgan fingerprint density at radius 2 is 1.50 bits per heavy atom. The van der Waals surface area contributed by atoms with Gasteiger partial charge in [0.05, 0.1) is 13.2 Å². The summed E-state index contributed by atoms with van der Waals surface area (Å²) in [5.74, 6) is -1.64. The van der Waals surface area contributed by atoms with E-state index in [9.17, 15) is 14.4 Å². The molecule has 168 valence electrons. The van der Waals surface area contributed by atoms with Gasteiger partial charge in [-0.15, -0.1) is 0 Å². The lowest BCUT2D eigenvalue weighted by atomic mass is 9.64. The van der Waals surface area contributed by atoms with Crippen molar-refractivity contribution in [1.82, 2.24) is 0 Å². The van der Waals surface area contributed by atoms with E-state index in [1.165, 1.54) is 7.11 Å².